The zero-order chi connectivity index (χ0) is 10.3. The van der Waals surface area contributed by atoms with Crippen LogP contribution in [0.1, 0.15) is 5.56 Å². The summed E-state index contributed by atoms with van der Waals surface area (Å²) >= 11 is 5.68. The molecule has 0 amide bonds. The molecule has 3 nitrogen and oxygen atoms in total. The normalized spacial score (nSPS) is 10.7. The number of hydrogen-bond donors (Lipinski definition) is 1. The first-order chi connectivity index (χ1) is 6.58. The fourth-order valence-corrected chi connectivity index (χ4v) is 1.48. The first-order valence-corrected chi connectivity index (χ1v) is 4.38. The average molecular weight is 211 g/mol. The Morgan fingerprint density at radius 1 is 1.36 bits per heavy atom. The van der Waals surface area contributed by atoms with Gasteiger partial charge in [0.2, 0.25) is 0 Å². The lowest BCUT2D eigenvalue weighted by Gasteiger charge is -2.02. The predicted octanol–water partition coefficient (Wildman–Crippen LogP) is 2.46. The Balaban J connectivity index is 2.96. The van der Waals surface area contributed by atoms with Gasteiger partial charge in [0.15, 0.2) is 0 Å². The molecule has 14 heavy (non-hydrogen) atoms. The number of benzene rings is 1. The molecule has 2 rings (SSSR count). The minimum atomic E-state index is -0.420. The lowest BCUT2D eigenvalue weighted by Crippen LogP contribution is -1.97. The maximum atomic E-state index is 11.0. The third-order valence-corrected chi connectivity index (χ3v) is 2.32. The average Bonchev–Trinajstić information content (AvgIpc) is 2.08. The van der Waals surface area contributed by atoms with Crippen LogP contribution in [0.4, 0.5) is 0 Å². The molecular weight excluding hydrogens is 204 g/mol. The molecular formula is C10H7ClO3. The molecule has 2 aromatic rings. The number of rotatable bonds is 0. The van der Waals surface area contributed by atoms with Crippen LogP contribution in [0.3, 0.4) is 0 Å². The molecule has 0 aliphatic heterocycles. The van der Waals surface area contributed by atoms with Crippen LogP contribution < -0.4 is 5.63 Å². The van der Waals surface area contributed by atoms with Crippen molar-refractivity contribution < 1.29 is 9.52 Å². The van der Waals surface area contributed by atoms with E-state index >= 15 is 0 Å². The molecule has 0 saturated carbocycles. The summed E-state index contributed by atoms with van der Waals surface area (Å²) in [5.41, 5.74) is 0.720. The van der Waals surface area contributed by atoms with Crippen LogP contribution in [0.25, 0.3) is 11.0 Å². The van der Waals surface area contributed by atoms with Gasteiger partial charge in [0, 0.05) is 17.5 Å². The van der Waals surface area contributed by atoms with Crippen molar-refractivity contribution in [3.63, 3.8) is 0 Å². The van der Waals surface area contributed by atoms with E-state index in [1.165, 1.54) is 18.2 Å². The van der Waals surface area contributed by atoms with Crippen molar-refractivity contribution in [1.29, 1.82) is 0 Å². The molecule has 0 saturated heterocycles. The standard InChI is InChI=1S/C10H7ClO3/c1-5-2-10(13)14-9-4-7(11)8(12)3-6(5)9/h2-4,12H,1H3. The van der Waals surface area contributed by atoms with E-state index in [4.69, 9.17) is 16.0 Å². The highest BCUT2D eigenvalue weighted by molar-refractivity contribution is 6.32. The number of phenolic OH excluding ortho intramolecular Hbond substituents is 1. The van der Waals surface area contributed by atoms with E-state index in [0.29, 0.717) is 11.0 Å². The summed E-state index contributed by atoms with van der Waals surface area (Å²) in [6.45, 7) is 1.77. The van der Waals surface area contributed by atoms with Gasteiger partial charge < -0.3 is 9.52 Å². The molecule has 1 aromatic heterocycles. The van der Waals surface area contributed by atoms with Gasteiger partial charge in [-0.05, 0) is 18.6 Å². The van der Waals surface area contributed by atoms with Crippen LogP contribution in [0, 0.1) is 6.92 Å². The number of aryl methyl sites for hydroxylation is 1. The second kappa shape index (κ2) is 3.03. The van der Waals surface area contributed by atoms with Gasteiger partial charge in [-0.25, -0.2) is 4.79 Å². The van der Waals surface area contributed by atoms with E-state index in [-0.39, 0.29) is 10.8 Å². The van der Waals surface area contributed by atoms with Crippen molar-refractivity contribution in [3.8, 4) is 5.75 Å². The smallest absolute Gasteiger partial charge is 0.336 e. The second-order valence-corrected chi connectivity index (χ2v) is 3.46. The molecule has 72 valence electrons. The molecule has 4 heteroatoms. The zero-order valence-corrected chi connectivity index (χ0v) is 8.13. The van der Waals surface area contributed by atoms with Crippen molar-refractivity contribution in [1.82, 2.24) is 0 Å². The number of phenols is 1. The fourth-order valence-electron chi connectivity index (χ4n) is 1.33. The van der Waals surface area contributed by atoms with Crippen molar-refractivity contribution in [2.45, 2.75) is 6.92 Å². The summed E-state index contributed by atoms with van der Waals surface area (Å²) in [6, 6.07) is 4.28. The summed E-state index contributed by atoms with van der Waals surface area (Å²) in [6.07, 6.45) is 0. The molecule has 0 aliphatic rings. The topological polar surface area (TPSA) is 50.4 Å². The van der Waals surface area contributed by atoms with Gasteiger partial charge in [-0.3, -0.25) is 0 Å². The quantitative estimate of drug-likeness (QED) is 0.680. The fraction of sp³-hybridized carbons (Fsp3) is 0.100. The summed E-state index contributed by atoms with van der Waals surface area (Å²) in [5, 5.41) is 10.2. The molecule has 1 heterocycles. The third kappa shape index (κ3) is 1.36. The minimum absolute atomic E-state index is 0.0175. The zero-order valence-electron chi connectivity index (χ0n) is 7.37. The van der Waals surface area contributed by atoms with Crippen LogP contribution in [-0.2, 0) is 0 Å². The number of halogens is 1. The van der Waals surface area contributed by atoms with Crippen LogP contribution in [0.2, 0.25) is 5.02 Å². The largest absolute Gasteiger partial charge is 0.506 e. The van der Waals surface area contributed by atoms with Gasteiger partial charge in [-0.1, -0.05) is 11.6 Å². The van der Waals surface area contributed by atoms with Crippen molar-refractivity contribution in [2.24, 2.45) is 0 Å². The van der Waals surface area contributed by atoms with E-state index in [0.717, 1.165) is 5.56 Å². The molecule has 0 radical (unpaired) electrons. The van der Waals surface area contributed by atoms with Gasteiger partial charge in [-0.2, -0.15) is 0 Å². The third-order valence-electron chi connectivity index (χ3n) is 2.02. The van der Waals surface area contributed by atoms with Gasteiger partial charge in [0.1, 0.15) is 11.3 Å². The highest BCUT2D eigenvalue weighted by Gasteiger charge is 2.06. The first-order valence-electron chi connectivity index (χ1n) is 4.01. The Bertz CT molecular complexity index is 557. The lowest BCUT2D eigenvalue weighted by molar-refractivity contribution is 0.475. The van der Waals surface area contributed by atoms with E-state index in [1.807, 2.05) is 0 Å². The maximum absolute atomic E-state index is 11.0. The Morgan fingerprint density at radius 2 is 2.07 bits per heavy atom. The van der Waals surface area contributed by atoms with E-state index < -0.39 is 5.63 Å². The Morgan fingerprint density at radius 3 is 2.79 bits per heavy atom. The second-order valence-electron chi connectivity index (χ2n) is 3.05. The van der Waals surface area contributed by atoms with Gasteiger partial charge in [0.05, 0.1) is 5.02 Å². The number of aromatic hydroxyl groups is 1. The summed E-state index contributed by atoms with van der Waals surface area (Å²) in [7, 11) is 0. The van der Waals surface area contributed by atoms with E-state index in [2.05, 4.69) is 0 Å². The molecule has 0 aliphatic carbocycles. The molecule has 0 fully saturated rings. The summed E-state index contributed by atoms with van der Waals surface area (Å²) in [4.78, 5) is 11.0. The van der Waals surface area contributed by atoms with Gasteiger partial charge in [0.25, 0.3) is 0 Å². The van der Waals surface area contributed by atoms with Crippen LogP contribution in [-0.4, -0.2) is 5.11 Å². The maximum Gasteiger partial charge on any atom is 0.336 e. The Labute approximate surface area is 84.5 Å². The minimum Gasteiger partial charge on any atom is -0.506 e. The number of hydrogen-bond acceptors (Lipinski definition) is 3. The van der Waals surface area contributed by atoms with Crippen LogP contribution in [0.15, 0.2) is 27.4 Å². The molecule has 1 aromatic carbocycles. The van der Waals surface area contributed by atoms with E-state index in [1.54, 1.807) is 6.92 Å². The first kappa shape index (κ1) is 9.09. The Hall–Kier alpha value is -1.48. The monoisotopic (exact) mass is 210 g/mol. The highest BCUT2D eigenvalue weighted by Crippen LogP contribution is 2.29. The van der Waals surface area contributed by atoms with Crippen molar-refractivity contribution in [2.75, 3.05) is 0 Å². The molecule has 0 atom stereocenters. The van der Waals surface area contributed by atoms with Crippen LogP contribution in [0.5, 0.6) is 5.75 Å². The molecule has 0 spiro atoms. The number of fused-ring (bicyclic) bond motifs is 1. The molecule has 0 bridgehead atoms. The Kier molecular flexibility index (Phi) is 1.97. The molecule has 1 N–H and O–H groups in total. The van der Waals surface area contributed by atoms with Crippen molar-refractivity contribution in [3.05, 3.63) is 39.2 Å². The van der Waals surface area contributed by atoms with Gasteiger partial charge >= 0.3 is 5.63 Å². The van der Waals surface area contributed by atoms with E-state index in [9.17, 15) is 9.90 Å². The van der Waals surface area contributed by atoms with Crippen molar-refractivity contribution >= 4 is 22.6 Å². The predicted molar refractivity (Wildman–Crippen MR) is 53.9 cm³/mol. The molecule has 0 unspecified atom stereocenters. The van der Waals surface area contributed by atoms with Crippen LogP contribution >= 0.6 is 11.6 Å². The summed E-state index contributed by atoms with van der Waals surface area (Å²) in [5.74, 6) is -0.0175. The summed E-state index contributed by atoms with van der Waals surface area (Å²) < 4.78 is 4.93. The SMILES string of the molecule is Cc1cc(=O)oc2cc(Cl)c(O)cc12. The lowest BCUT2D eigenvalue weighted by atomic mass is 10.1. The highest BCUT2D eigenvalue weighted by atomic mass is 35.5. The van der Waals surface area contributed by atoms with Gasteiger partial charge in [-0.15, -0.1) is 0 Å².